The molecule has 0 aliphatic carbocycles. The highest BCUT2D eigenvalue weighted by Gasteiger charge is 2.14. The summed E-state index contributed by atoms with van der Waals surface area (Å²) in [7, 11) is 0. The number of rotatable bonds is 6. The zero-order valence-electron chi connectivity index (χ0n) is 13.0. The van der Waals surface area contributed by atoms with E-state index >= 15 is 0 Å². The summed E-state index contributed by atoms with van der Waals surface area (Å²) in [6.07, 6.45) is 0.655. The number of aryl methyl sites for hydroxylation is 3. The van der Waals surface area contributed by atoms with Crippen molar-refractivity contribution < 1.29 is 19.1 Å². The summed E-state index contributed by atoms with van der Waals surface area (Å²) < 4.78 is 15.6. The van der Waals surface area contributed by atoms with Crippen LogP contribution in [0.1, 0.15) is 38.5 Å². The van der Waals surface area contributed by atoms with Crippen molar-refractivity contribution in [3.63, 3.8) is 0 Å². The molecule has 1 heterocycles. The van der Waals surface area contributed by atoms with Crippen molar-refractivity contribution in [2.75, 3.05) is 6.54 Å². The number of hydrogen-bond donors (Lipinski definition) is 2. The van der Waals surface area contributed by atoms with Gasteiger partial charge in [-0.25, -0.2) is 9.18 Å². The first-order chi connectivity index (χ1) is 10.9. The average molecular weight is 319 g/mol. The lowest BCUT2D eigenvalue weighted by Crippen LogP contribution is -2.26. The molecule has 0 unspecified atom stereocenters. The molecular weight excluding hydrogens is 301 g/mol. The van der Waals surface area contributed by atoms with E-state index < -0.39 is 17.7 Å². The van der Waals surface area contributed by atoms with Gasteiger partial charge in [0.2, 0.25) is 0 Å². The number of amides is 1. The van der Waals surface area contributed by atoms with Gasteiger partial charge in [0.15, 0.2) is 0 Å². The second-order valence-corrected chi connectivity index (χ2v) is 5.26. The first kappa shape index (κ1) is 16.7. The third-order valence-electron chi connectivity index (χ3n) is 3.40. The van der Waals surface area contributed by atoms with E-state index in [0.717, 1.165) is 17.5 Å². The number of carbonyl (C=O) groups excluding carboxylic acids is 1. The average Bonchev–Trinajstić information content (AvgIpc) is 2.81. The van der Waals surface area contributed by atoms with Crippen LogP contribution in [0.15, 0.2) is 24.3 Å². The third-order valence-corrected chi connectivity index (χ3v) is 3.40. The molecule has 0 aliphatic heterocycles. The molecule has 0 atom stereocenters. The van der Waals surface area contributed by atoms with Gasteiger partial charge in [-0.3, -0.25) is 9.48 Å². The van der Waals surface area contributed by atoms with Crippen LogP contribution in [0.25, 0.3) is 0 Å². The summed E-state index contributed by atoms with van der Waals surface area (Å²) >= 11 is 0. The van der Waals surface area contributed by atoms with Gasteiger partial charge in [0, 0.05) is 18.8 Å². The number of carbonyl (C=O) groups is 2. The van der Waals surface area contributed by atoms with Gasteiger partial charge in [0.05, 0.1) is 16.8 Å². The van der Waals surface area contributed by atoms with Crippen molar-refractivity contribution >= 4 is 11.9 Å². The molecular formula is C16H18FN3O3. The maximum atomic E-state index is 13.8. The van der Waals surface area contributed by atoms with Crippen LogP contribution in [-0.2, 0) is 6.54 Å². The van der Waals surface area contributed by atoms with Crippen LogP contribution in [0.2, 0.25) is 0 Å². The topological polar surface area (TPSA) is 84.2 Å². The largest absolute Gasteiger partial charge is 0.478 e. The van der Waals surface area contributed by atoms with E-state index in [0.29, 0.717) is 19.5 Å². The molecule has 2 N–H and O–H groups in total. The second-order valence-electron chi connectivity index (χ2n) is 5.26. The number of carboxylic acid groups (broad SMARTS) is 1. The molecule has 2 aromatic rings. The lowest BCUT2D eigenvalue weighted by molar-refractivity contribution is 0.0695. The minimum atomic E-state index is -1.24. The molecule has 0 bridgehead atoms. The molecule has 7 heteroatoms. The van der Waals surface area contributed by atoms with Gasteiger partial charge < -0.3 is 10.4 Å². The number of halogens is 1. The molecule has 1 aromatic heterocycles. The van der Waals surface area contributed by atoms with Gasteiger partial charge in [0.1, 0.15) is 5.82 Å². The predicted octanol–water partition coefficient (Wildman–Crippen LogP) is 2.16. The van der Waals surface area contributed by atoms with E-state index in [1.165, 1.54) is 12.1 Å². The maximum absolute atomic E-state index is 13.8. The number of nitrogens with one attached hydrogen (secondary N) is 1. The highest BCUT2D eigenvalue weighted by atomic mass is 19.1. The van der Waals surface area contributed by atoms with Crippen LogP contribution < -0.4 is 5.32 Å². The van der Waals surface area contributed by atoms with Gasteiger partial charge in [-0.15, -0.1) is 0 Å². The Morgan fingerprint density at radius 3 is 2.61 bits per heavy atom. The van der Waals surface area contributed by atoms with Crippen molar-refractivity contribution in [2.45, 2.75) is 26.8 Å². The molecule has 1 amide bonds. The van der Waals surface area contributed by atoms with Crippen molar-refractivity contribution in [3.05, 3.63) is 52.6 Å². The standard InChI is InChI=1S/C16H18FN3O3/c1-10-8-11(2)20(19-10)7-3-6-18-15(21)13-5-4-12(16(22)23)9-14(13)17/h4-5,8-9H,3,6-7H2,1-2H3,(H,18,21)(H,22,23). The lowest BCUT2D eigenvalue weighted by atomic mass is 10.1. The fourth-order valence-corrected chi connectivity index (χ4v) is 2.26. The SMILES string of the molecule is Cc1cc(C)n(CCCNC(=O)c2ccc(C(=O)O)cc2F)n1. The molecule has 0 aliphatic rings. The van der Waals surface area contributed by atoms with Crippen molar-refractivity contribution in [1.82, 2.24) is 15.1 Å². The van der Waals surface area contributed by atoms with Gasteiger partial charge in [-0.2, -0.15) is 5.10 Å². The molecule has 0 saturated heterocycles. The van der Waals surface area contributed by atoms with E-state index in [4.69, 9.17) is 5.11 Å². The summed E-state index contributed by atoms with van der Waals surface area (Å²) in [6, 6.07) is 5.19. The molecule has 122 valence electrons. The first-order valence-corrected chi connectivity index (χ1v) is 7.20. The Hall–Kier alpha value is -2.70. The normalized spacial score (nSPS) is 10.6. The molecule has 2 rings (SSSR count). The van der Waals surface area contributed by atoms with Gasteiger partial charge in [-0.05, 0) is 44.5 Å². The second kappa shape index (κ2) is 7.04. The summed E-state index contributed by atoms with van der Waals surface area (Å²) in [5.41, 5.74) is 1.63. The van der Waals surface area contributed by atoms with Gasteiger partial charge >= 0.3 is 5.97 Å². The zero-order valence-corrected chi connectivity index (χ0v) is 13.0. The first-order valence-electron chi connectivity index (χ1n) is 7.20. The Labute approximate surface area is 132 Å². The van der Waals surface area contributed by atoms with E-state index in [-0.39, 0.29) is 11.1 Å². The van der Waals surface area contributed by atoms with Crippen LogP contribution in [-0.4, -0.2) is 33.3 Å². The van der Waals surface area contributed by atoms with Crippen molar-refractivity contribution in [1.29, 1.82) is 0 Å². The van der Waals surface area contributed by atoms with Crippen molar-refractivity contribution in [2.24, 2.45) is 0 Å². The van der Waals surface area contributed by atoms with Crippen LogP contribution >= 0.6 is 0 Å². The van der Waals surface area contributed by atoms with E-state index in [1.54, 1.807) is 0 Å². The fourth-order valence-electron chi connectivity index (χ4n) is 2.26. The number of hydrogen-bond acceptors (Lipinski definition) is 3. The lowest BCUT2D eigenvalue weighted by Gasteiger charge is -2.08. The minimum absolute atomic E-state index is 0.166. The Balaban J connectivity index is 1.87. The number of nitrogens with zero attached hydrogens (tertiary/aromatic N) is 2. The number of aromatic nitrogens is 2. The van der Waals surface area contributed by atoms with Crippen LogP contribution in [0.3, 0.4) is 0 Å². The quantitative estimate of drug-likeness (QED) is 0.799. The Morgan fingerprint density at radius 2 is 2.04 bits per heavy atom. The predicted molar refractivity (Wildman–Crippen MR) is 82.0 cm³/mol. The smallest absolute Gasteiger partial charge is 0.335 e. The maximum Gasteiger partial charge on any atom is 0.335 e. The van der Waals surface area contributed by atoms with Crippen LogP contribution in [0, 0.1) is 19.7 Å². The van der Waals surface area contributed by atoms with Gasteiger partial charge in [0.25, 0.3) is 5.91 Å². The monoisotopic (exact) mass is 319 g/mol. The molecule has 0 fully saturated rings. The zero-order chi connectivity index (χ0) is 17.0. The molecule has 0 spiro atoms. The van der Waals surface area contributed by atoms with Crippen LogP contribution in [0.4, 0.5) is 4.39 Å². The number of aromatic carboxylic acids is 1. The van der Waals surface area contributed by atoms with E-state index in [1.807, 2.05) is 24.6 Å². The fraction of sp³-hybridized carbons (Fsp3) is 0.312. The van der Waals surface area contributed by atoms with Crippen LogP contribution in [0.5, 0.6) is 0 Å². The summed E-state index contributed by atoms with van der Waals surface area (Å²) in [5.74, 6) is -2.64. The summed E-state index contributed by atoms with van der Waals surface area (Å²) in [4.78, 5) is 22.6. The Bertz CT molecular complexity index is 740. The molecule has 0 radical (unpaired) electrons. The Morgan fingerprint density at radius 1 is 1.30 bits per heavy atom. The highest BCUT2D eigenvalue weighted by Crippen LogP contribution is 2.10. The Kier molecular flexibility index (Phi) is 5.10. The third kappa shape index (κ3) is 4.15. The van der Waals surface area contributed by atoms with Crippen molar-refractivity contribution in [3.8, 4) is 0 Å². The highest BCUT2D eigenvalue weighted by molar-refractivity contribution is 5.96. The van der Waals surface area contributed by atoms with Gasteiger partial charge in [-0.1, -0.05) is 0 Å². The molecule has 23 heavy (non-hydrogen) atoms. The molecule has 6 nitrogen and oxygen atoms in total. The summed E-state index contributed by atoms with van der Waals surface area (Å²) in [5, 5.41) is 15.7. The molecule has 1 aromatic carbocycles. The minimum Gasteiger partial charge on any atom is -0.478 e. The number of benzene rings is 1. The summed E-state index contributed by atoms with van der Waals surface area (Å²) in [6.45, 7) is 4.89. The van der Waals surface area contributed by atoms with E-state index in [9.17, 15) is 14.0 Å². The van der Waals surface area contributed by atoms with E-state index in [2.05, 4.69) is 10.4 Å². The molecule has 0 saturated carbocycles. The number of carboxylic acids is 1.